The summed E-state index contributed by atoms with van der Waals surface area (Å²) in [6.07, 6.45) is 5.91. The minimum Gasteiger partial charge on any atom is -0.457 e. The number of hydrogen-bond acceptors (Lipinski definition) is 12. The lowest BCUT2D eigenvalue weighted by Gasteiger charge is -2.55. The first-order valence-electron chi connectivity index (χ1n) is 17.5. The number of carbonyl (C=O) groups excluding carboxylic acids is 1. The number of ether oxygens (including phenoxy) is 4. The molecule has 0 spiro atoms. The van der Waals surface area contributed by atoms with E-state index in [1.165, 1.54) is 44.7 Å². The number of aliphatic hydroxyl groups excluding tert-OH is 5. The lowest BCUT2D eigenvalue weighted by atomic mass is 9.53. The van der Waals surface area contributed by atoms with E-state index in [2.05, 4.69) is 0 Å². The molecule has 0 radical (unpaired) electrons. The quantitative estimate of drug-likeness (QED) is 0.118. The highest BCUT2D eigenvalue weighted by molar-refractivity contribution is 5.66. The molecule has 9 fully saturated rings. The van der Waals surface area contributed by atoms with E-state index in [4.69, 9.17) is 28.9 Å². The Labute approximate surface area is 270 Å². The number of esters is 1. The van der Waals surface area contributed by atoms with Crippen LogP contribution in [0.15, 0.2) is 9.98 Å². The second-order valence-electron chi connectivity index (χ2n) is 16.0. The van der Waals surface area contributed by atoms with Gasteiger partial charge in [-0.1, -0.05) is 0 Å². The van der Waals surface area contributed by atoms with E-state index in [0.29, 0.717) is 35.5 Å². The van der Waals surface area contributed by atoms with Gasteiger partial charge < -0.3 is 44.5 Å². The van der Waals surface area contributed by atoms with E-state index in [-0.39, 0.29) is 11.1 Å². The predicted octanol–water partition coefficient (Wildman–Crippen LogP) is 1.52. The summed E-state index contributed by atoms with van der Waals surface area (Å²) in [5.41, 5.74) is -0.388. The third-order valence-electron chi connectivity index (χ3n) is 12.3. The van der Waals surface area contributed by atoms with Gasteiger partial charge in [0.05, 0.1) is 30.5 Å². The van der Waals surface area contributed by atoms with Crippen molar-refractivity contribution >= 4 is 18.4 Å². The van der Waals surface area contributed by atoms with Crippen molar-refractivity contribution in [3.63, 3.8) is 0 Å². The molecule has 9 rings (SSSR count). The maximum Gasteiger partial charge on any atom is 0.303 e. The van der Waals surface area contributed by atoms with Crippen LogP contribution in [0.2, 0.25) is 0 Å². The van der Waals surface area contributed by atoms with Crippen molar-refractivity contribution in [2.24, 2.45) is 45.5 Å². The molecule has 12 nitrogen and oxygen atoms in total. The third-order valence-corrected chi connectivity index (χ3v) is 12.3. The first-order valence-corrected chi connectivity index (χ1v) is 17.5. The number of hydrogen-bond donors (Lipinski definition) is 5. The number of carbonyl (C=O) groups is 1. The minimum atomic E-state index is -1.61. The number of nitrogens with zero attached hydrogens (tertiary/aromatic N) is 2. The van der Waals surface area contributed by atoms with Crippen molar-refractivity contribution in [3.05, 3.63) is 0 Å². The number of rotatable bonds is 12. The maximum atomic E-state index is 11.8. The molecular formula is C34H52N2O10. The van der Waals surface area contributed by atoms with Crippen LogP contribution in [-0.4, -0.2) is 117 Å². The first-order chi connectivity index (χ1) is 22.0. The molecule has 1 saturated heterocycles. The highest BCUT2D eigenvalue weighted by atomic mass is 16.7. The molecule has 46 heavy (non-hydrogen) atoms. The predicted molar refractivity (Wildman–Crippen MR) is 165 cm³/mol. The smallest absolute Gasteiger partial charge is 0.303 e. The summed E-state index contributed by atoms with van der Waals surface area (Å²) in [6.45, 7) is 0.000680. The van der Waals surface area contributed by atoms with Crippen LogP contribution in [0, 0.1) is 35.5 Å². The standard InChI is InChI=1S/C34H52N2O10/c1-18(39)43-31-29(41)27(17-38)46-32(30(31)42)45-25(14-35-33-8-19-2-20(9-33)4-21(3-19)10-33)26(16-37)44-28(40)15-36-34-11-22-5-23(12-34)7-24(6-22)13-34/h14-15,19-32,37-38,40-42H,2-13,16-17H2,1H3/t19?,20?,21?,22?,23?,24?,25-,26-,27+,28-,29-,30+,31-,32+,33?,34?/m0/s1. The van der Waals surface area contributed by atoms with Crippen molar-refractivity contribution in [1.82, 2.24) is 0 Å². The van der Waals surface area contributed by atoms with Crippen molar-refractivity contribution in [3.8, 4) is 0 Å². The van der Waals surface area contributed by atoms with Gasteiger partial charge in [0.15, 0.2) is 18.7 Å². The van der Waals surface area contributed by atoms with Crippen LogP contribution in [0.3, 0.4) is 0 Å². The molecule has 258 valence electrons. The van der Waals surface area contributed by atoms with Gasteiger partial charge in [-0.05, 0) is 113 Å². The van der Waals surface area contributed by atoms with Crippen molar-refractivity contribution < 1.29 is 49.3 Å². The first kappa shape index (κ1) is 33.0. The molecule has 9 aliphatic rings. The summed E-state index contributed by atoms with van der Waals surface area (Å²) in [5.74, 6) is 3.32. The fourth-order valence-corrected chi connectivity index (χ4v) is 11.2. The molecule has 1 heterocycles. The van der Waals surface area contributed by atoms with Gasteiger partial charge in [-0.3, -0.25) is 14.8 Å². The molecule has 0 aromatic rings. The monoisotopic (exact) mass is 648 g/mol. The summed E-state index contributed by atoms with van der Waals surface area (Å²) >= 11 is 0. The van der Waals surface area contributed by atoms with Gasteiger partial charge in [0.2, 0.25) is 0 Å². The van der Waals surface area contributed by atoms with Gasteiger partial charge >= 0.3 is 5.97 Å². The average Bonchev–Trinajstić information content (AvgIpc) is 2.99. The lowest BCUT2D eigenvalue weighted by Crippen LogP contribution is -2.61. The average molecular weight is 649 g/mol. The van der Waals surface area contributed by atoms with Crippen molar-refractivity contribution in [2.45, 2.75) is 144 Å². The molecule has 5 N–H and O–H groups in total. The van der Waals surface area contributed by atoms with Crippen LogP contribution >= 0.6 is 0 Å². The van der Waals surface area contributed by atoms with E-state index >= 15 is 0 Å². The second kappa shape index (κ2) is 13.1. The van der Waals surface area contributed by atoms with E-state index in [1.54, 1.807) is 6.21 Å². The van der Waals surface area contributed by atoms with Crippen molar-refractivity contribution in [1.29, 1.82) is 0 Å². The van der Waals surface area contributed by atoms with E-state index in [1.807, 2.05) is 0 Å². The molecule has 0 amide bonds. The Hall–Kier alpha value is -1.51. The fourth-order valence-electron chi connectivity index (χ4n) is 11.2. The second-order valence-corrected chi connectivity index (χ2v) is 16.0. The van der Waals surface area contributed by atoms with Gasteiger partial charge in [-0.2, -0.15) is 0 Å². The summed E-state index contributed by atoms with van der Waals surface area (Å²) in [7, 11) is 0. The zero-order chi connectivity index (χ0) is 32.2. The highest BCUT2D eigenvalue weighted by Crippen LogP contribution is 2.58. The summed E-state index contributed by atoms with van der Waals surface area (Å²) < 4.78 is 23.1. The molecule has 1 aliphatic heterocycles. The Bertz CT molecular complexity index is 1090. The molecule has 8 aliphatic carbocycles. The topological polar surface area (TPSA) is 180 Å². The normalized spacial score (nSPS) is 47.9. The molecular weight excluding hydrogens is 596 g/mol. The molecule has 12 heteroatoms. The van der Waals surface area contributed by atoms with Gasteiger partial charge in [-0.15, -0.1) is 0 Å². The van der Waals surface area contributed by atoms with Crippen molar-refractivity contribution in [2.75, 3.05) is 13.2 Å². The molecule has 0 aromatic heterocycles. The van der Waals surface area contributed by atoms with Gasteiger partial charge in [0, 0.05) is 13.1 Å². The summed E-state index contributed by atoms with van der Waals surface area (Å²) in [4.78, 5) is 21.8. The molecule has 8 bridgehead atoms. The third kappa shape index (κ3) is 6.70. The Morgan fingerprint density at radius 2 is 1.30 bits per heavy atom. The van der Waals surface area contributed by atoms with Crippen LogP contribution in [0.1, 0.15) is 84.0 Å². The van der Waals surface area contributed by atoms with Crippen LogP contribution in [0.25, 0.3) is 0 Å². The minimum absolute atomic E-state index is 0.157. The maximum absolute atomic E-state index is 11.8. The Balaban J connectivity index is 1.10. The van der Waals surface area contributed by atoms with Gasteiger partial charge in [0.25, 0.3) is 0 Å². The Kier molecular flexibility index (Phi) is 9.38. The molecule has 8 atom stereocenters. The van der Waals surface area contributed by atoms with Crippen LogP contribution in [0.5, 0.6) is 0 Å². The van der Waals surface area contributed by atoms with Gasteiger partial charge in [0.1, 0.15) is 30.5 Å². The Morgan fingerprint density at radius 1 is 0.826 bits per heavy atom. The van der Waals surface area contributed by atoms with E-state index < -0.39 is 68.4 Å². The number of aliphatic hydroxyl groups is 5. The summed E-state index contributed by atoms with van der Waals surface area (Å²) in [6, 6.07) is 0. The molecule has 0 unspecified atom stereocenters. The van der Waals surface area contributed by atoms with Crippen LogP contribution in [-0.2, 0) is 23.7 Å². The zero-order valence-corrected chi connectivity index (χ0v) is 26.8. The SMILES string of the molecule is CC(=O)O[C@H]1[C@@H](O)[C@@H](CO)O[C@@H](O[C@@H](C=NC23CC4CC(CC(C4)C2)C3)[C@H](CO)O[C@H](O)C=NC23CC4CC(CC(C4)C2)C3)[C@@H]1O. The number of aliphatic imine (C=N–C) groups is 2. The molecule has 0 aromatic carbocycles. The lowest BCUT2D eigenvalue weighted by molar-refractivity contribution is -0.315. The van der Waals surface area contributed by atoms with E-state index in [0.717, 1.165) is 45.4 Å². The highest BCUT2D eigenvalue weighted by Gasteiger charge is 2.53. The fraction of sp³-hybridized carbons (Fsp3) is 0.912. The van der Waals surface area contributed by atoms with E-state index in [9.17, 15) is 30.3 Å². The van der Waals surface area contributed by atoms with Crippen LogP contribution < -0.4 is 0 Å². The molecule has 8 saturated carbocycles. The summed E-state index contributed by atoms with van der Waals surface area (Å²) in [5, 5.41) is 53.1. The Morgan fingerprint density at radius 3 is 1.74 bits per heavy atom. The van der Waals surface area contributed by atoms with Crippen LogP contribution in [0.4, 0.5) is 0 Å². The largest absolute Gasteiger partial charge is 0.457 e. The van der Waals surface area contributed by atoms with Gasteiger partial charge in [-0.25, -0.2) is 0 Å². The zero-order valence-electron chi connectivity index (χ0n) is 26.8.